The summed E-state index contributed by atoms with van der Waals surface area (Å²) in [5, 5.41) is 10.8. The zero-order valence-corrected chi connectivity index (χ0v) is 15.0. The second-order valence-corrected chi connectivity index (χ2v) is 7.18. The lowest BCUT2D eigenvalue weighted by molar-refractivity contribution is -0.150. The van der Waals surface area contributed by atoms with E-state index >= 15 is 0 Å². The Kier molecular flexibility index (Phi) is 4.48. The van der Waals surface area contributed by atoms with Gasteiger partial charge in [-0.1, -0.05) is 24.8 Å². The minimum absolute atomic E-state index is 0.134. The van der Waals surface area contributed by atoms with Crippen molar-refractivity contribution in [3.63, 3.8) is 0 Å². The largest absolute Gasteiger partial charge is 0.458 e. The van der Waals surface area contributed by atoms with Crippen molar-refractivity contribution in [2.45, 2.75) is 45.0 Å². The Morgan fingerprint density at radius 1 is 1.50 bits per heavy atom. The summed E-state index contributed by atoms with van der Waals surface area (Å²) in [6, 6.07) is 0. The maximum absolute atomic E-state index is 12.3. The summed E-state index contributed by atoms with van der Waals surface area (Å²) < 4.78 is 11.1. The Labute approximate surface area is 151 Å². The average molecular weight is 358 g/mol. The number of ether oxygens (including phenoxy) is 2. The highest BCUT2D eigenvalue weighted by molar-refractivity contribution is 5.92. The third kappa shape index (κ3) is 2.74. The second kappa shape index (κ2) is 6.36. The van der Waals surface area contributed by atoms with Crippen LogP contribution in [-0.2, 0) is 23.9 Å². The molecule has 1 saturated heterocycles. The van der Waals surface area contributed by atoms with Crippen LogP contribution in [0, 0.1) is 11.8 Å². The van der Waals surface area contributed by atoms with Gasteiger partial charge < -0.3 is 14.6 Å². The van der Waals surface area contributed by atoms with Gasteiger partial charge in [0.2, 0.25) is 0 Å². The Hall–Kier alpha value is -2.47. The molecular weight excluding hydrogens is 336 g/mol. The van der Waals surface area contributed by atoms with Gasteiger partial charge in [-0.2, -0.15) is 0 Å². The van der Waals surface area contributed by atoms with E-state index in [9.17, 15) is 19.5 Å². The predicted molar refractivity (Wildman–Crippen MR) is 92.8 cm³/mol. The third-order valence-electron chi connectivity index (χ3n) is 5.50. The second-order valence-electron chi connectivity index (χ2n) is 7.18. The SMILES string of the molecule is C=C1C(=O)O[C@H]2[C@H]1[C@H](OC(=O)/C(C)=C\C)CC(C=O)=C1C=C[C@@](C)(O)[C@H]12. The van der Waals surface area contributed by atoms with E-state index in [2.05, 4.69) is 6.58 Å². The minimum atomic E-state index is -1.28. The first-order chi connectivity index (χ1) is 12.2. The van der Waals surface area contributed by atoms with Gasteiger partial charge in [-0.05, 0) is 31.9 Å². The number of aldehydes is 1. The van der Waals surface area contributed by atoms with E-state index in [1.165, 1.54) is 0 Å². The number of rotatable bonds is 3. The highest BCUT2D eigenvalue weighted by atomic mass is 16.6. The number of carbonyl (C=O) groups excluding carboxylic acids is 3. The quantitative estimate of drug-likeness (QED) is 0.470. The van der Waals surface area contributed by atoms with Gasteiger partial charge in [-0.3, -0.25) is 4.79 Å². The van der Waals surface area contributed by atoms with Gasteiger partial charge in [-0.15, -0.1) is 0 Å². The van der Waals surface area contributed by atoms with E-state index in [1.54, 1.807) is 39.0 Å². The van der Waals surface area contributed by atoms with Crippen LogP contribution in [0.1, 0.15) is 27.2 Å². The van der Waals surface area contributed by atoms with E-state index in [4.69, 9.17) is 9.47 Å². The molecule has 3 rings (SSSR count). The van der Waals surface area contributed by atoms with Crippen LogP contribution in [0.3, 0.4) is 0 Å². The Balaban J connectivity index is 2.07. The standard InChI is InChI=1S/C20H22O6/c1-5-10(2)18(22)25-14-8-12(9-21)13-6-7-20(4,24)16(13)17-15(14)11(3)19(23)26-17/h5-7,9,14-17,24H,3,8H2,1-2,4H3/b10-5-/t14-,15-,16-,17+,20-/m1/s1. The Bertz CT molecular complexity index is 782. The van der Waals surface area contributed by atoms with Crippen molar-refractivity contribution >= 4 is 18.2 Å². The molecule has 1 fully saturated rings. The fourth-order valence-corrected chi connectivity index (χ4v) is 3.96. The molecule has 1 heterocycles. The maximum atomic E-state index is 12.3. The van der Waals surface area contributed by atoms with Gasteiger partial charge in [0.15, 0.2) is 0 Å². The van der Waals surface area contributed by atoms with Gasteiger partial charge >= 0.3 is 11.9 Å². The smallest absolute Gasteiger partial charge is 0.334 e. The summed E-state index contributed by atoms with van der Waals surface area (Å²) in [7, 11) is 0. The van der Waals surface area contributed by atoms with E-state index < -0.39 is 41.6 Å². The molecule has 2 aliphatic carbocycles. The first-order valence-electron chi connectivity index (χ1n) is 8.54. The Morgan fingerprint density at radius 3 is 2.81 bits per heavy atom. The van der Waals surface area contributed by atoms with Crippen molar-refractivity contribution in [2.24, 2.45) is 11.8 Å². The molecule has 26 heavy (non-hydrogen) atoms. The molecule has 5 atom stereocenters. The highest BCUT2D eigenvalue weighted by Crippen LogP contribution is 2.49. The predicted octanol–water partition coefficient (Wildman–Crippen LogP) is 1.80. The van der Waals surface area contributed by atoms with E-state index in [0.29, 0.717) is 23.0 Å². The molecule has 0 bridgehead atoms. The fraction of sp³-hybridized carbons (Fsp3) is 0.450. The van der Waals surface area contributed by atoms with Crippen molar-refractivity contribution in [3.05, 3.63) is 47.1 Å². The van der Waals surface area contributed by atoms with Crippen LogP contribution in [-0.4, -0.2) is 41.1 Å². The summed E-state index contributed by atoms with van der Waals surface area (Å²) in [5.74, 6) is -2.32. The van der Waals surface area contributed by atoms with Gasteiger partial charge in [0.1, 0.15) is 18.5 Å². The zero-order chi connectivity index (χ0) is 19.2. The number of carbonyl (C=O) groups is 3. The monoisotopic (exact) mass is 358 g/mol. The molecule has 6 heteroatoms. The number of hydrogen-bond acceptors (Lipinski definition) is 6. The average Bonchev–Trinajstić information content (AvgIpc) is 3.01. The van der Waals surface area contributed by atoms with Gasteiger partial charge in [0, 0.05) is 17.6 Å². The van der Waals surface area contributed by atoms with Crippen molar-refractivity contribution in [1.82, 2.24) is 0 Å². The molecule has 0 aromatic rings. The molecule has 0 aromatic carbocycles. The number of hydrogen-bond donors (Lipinski definition) is 1. The summed E-state index contributed by atoms with van der Waals surface area (Å²) >= 11 is 0. The summed E-state index contributed by atoms with van der Waals surface area (Å²) in [5.41, 5.74) is 0.381. The third-order valence-corrected chi connectivity index (χ3v) is 5.50. The lowest BCUT2D eigenvalue weighted by Crippen LogP contribution is -2.43. The van der Waals surface area contributed by atoms with Crippen molar-refractivity contribution in [2.75, 3.05) is 0 Å². The molecule has 0 amide bonds. The summed E-state index contributed by atoms with van der Waals surface area (Å²) in [6.45, 7) is 8.76. The fourth-order valence-electron chi connectivity index (χ4n) is 3.96. The van der Waals surface area contributed by atoms with Crippen LogP contribution in [0.5, 0.6) is 0 Å². The first kappa shape index (κ1) is 18.3. The van der Waals surface area contributed by atoms with Crippen molar-refractivity contribution in [3.8, 4) is 0 Å². The molecular formula is C20H22O6. The number of fused-ring (bicyclic) bond motifs is 3. The van der Waals surface area contributed by atoms with E-state index in [0.717, 1.165) is 0 Å². The molecule has 0 unspecified atom stereocenters. The van der Waals surface area contributed by atoms with E-state index in [-0.39, 0.29) is 12.0 Å². The minimum Gasteiger partial charge on any atom is -0.458 e. The van der Waals surface area contributed by atoms with Crippen molar-refractivity contribution in [1.29, 1.82) is 0 Å². The number of aliphatic hydroxyl groups is 1. The summed E-state index contributed by atoms with van der Waals surface area (Å²) in [4.78, 5) is 36.1. The zero-order valence-electron chi connectivity index (χ0n) is 15.0. The number of esters is 2. The molecule has 0 radical (unpaired) electrons. The van der Waals surface area contributed by atoms with Crippen molar-refractivity contribution < 1.29 is 29.0 Å². The van der Waals surface area contributed by atoms with Gasteiger partial charge in [-0.25, -0.2) is 9.59 Å². The molecule has 138 valence electrons. The highest BCUT2D eigenvalue weighted by Gasteiger charge is 2.56. The normalized spacial score (nSPS) is 36.4. The topological polar surface area (TPSA) is 89.9 Å². The molecule has 0 saturated carbocycles. The van der Waals surface area contributed by atoms with Gasteiger partial charge in [0.25, 0.3) is 0 Å². The van der Waals surface area contributed by atoms with Crippen LogP contribution in [0.15, 0.2) is 47.1 Å². The van der Waals surface area contributed by atoms with Crippen LogP contribution >= 0.6 is 0 Å². The first-order valence-corrected chi connectivity index (χ1v) is 8.54. The van der Waals surface area contributed by atoms with Crippen LogP contribution < -0.4 is 0 Å². The van der Waals surface area contributed by atoms with Crippen LogP contribution in [0.4, 0.5) is 0 Å². The Morgan fingerprint density at radius 2 is 2.19 bits per heavy atom. The molecule has 1 N–H and O–H groups in total. The van der Waals surface area contributed by atoms with Gasteiger partial charge in [0.05, 0.1) is 17.4 Å². The summed E-state index contributed by atoms with van der Waals surface area (Å²) in [6.07, 6.45) is 4.22. The molecule has 0 spiro atoms. The number of allylic oxidation sites excluding steroid dienone is 2. The molecule has 0 aromatic heterocycles. The molecule has 3 aliphatic rings. The maximum Gasteiger partial charge on any atom is 0.334 e. The van der Waals surface area contributed by atoms with E-state index in [1.807, 2.05) is 0 Å². The lowest BCUT2D eigenvalue weighted by Gasteiger charge is -2.33. The van der Waals surface area contributed by atoms with Crippen LogP contribution in [0.2, 0.25) is 0 Å². The van der Waals surface area contributed by atoms with Crippen LogP contribution in [0.25, 0.3) is 0 Å². The molecule has 1 aliphatic heterocycles. The molecule has 6 nitrogen and oxygen atoms in total. The lowest BCUT2D eigenvalue weighted by atomic mass is 9.78.